The molecule has 3 amide bonds. The largest absolute Gasteiger partial charge is 0.352 e. The second-order valence-corrected chi connectivity index (χ2v) is 8.92. The number of amides is 3. The molecule has 0 spiro atoms. The van der Waals surface area contributed by atoms with Gasteiger partial charge in [0.25, 0.3) is 5.91 Å². The maximum atomic E-state index is 12.9. The lowest BCUT2D eigenvalue weighted by molar-refractivity contribution is -0.133. The summed E-state index contributed by atoms with van der Waals surface area (Å²) in [7, 11) is 0. The van der Waals surface area contributed by atoms with Gasteiger partial charge in [0, 0.05) is 31.1 Å². The fraction of sp³-hybridized carbons (Fsp3) is 0.609. The second-order valence-electron chi connectivity index (χ2n) is 8.92. The molecule has 1 unspecified atom stereocenters. The molecule has 3 rings (SSSR count). The minimum Gasteiger partial charge on any atom is -0.352 e. The van der Waals surface area contributed by atoms with E-state index in [1.54, 1.807) is 12.1 Å². The third-order valence-electron chi connectivity index (χ3n) is 5.75. The van der Waals surface area contributed by atoms with Crippen LogP contribution in [0.25, 0.3) is 0 Å². The molecule has 158 valence electrons. The van der Waals surface area contributed by atoms with Crippen LogP contribution in [-0.4, -0.2) is 47.8 Å². The van der Waals surface area contributed by atoms with Crippen molar-refractivity contribution in [2.75, 3.05) is 13.1 Å². The fourth-order valence-corrected chi connectivity index (χ4v) is 3.81. The highest BCUT2D eigenvalue weighted by molar-refractivity contribution is 5.97. The molecule has 0 radical (unpaired) electrons. The Hall–Kier alpha value is -2.37. The molecular formula is C23H33N3O3. The first-order chi connectivity index (χ1) is 13.8. The zero-order chi connectivity index (χ0) is 21.0. The van der Waals surface area contributed by atoms with Crippen molar-refractivity contribution in [2.24, 2.45) is 11.8 Å². The van der Waals surface area contributed by atoms with E-state index in [0.717, 1.165) is 31.2 Å². The molecule has 1 aromatic rings. The molecule has 2 fully saturated rings. The Bertz CT molecular complexity index is 732. The number of hydrogen-bond acceptors (Lipinski definition) is 3. The summed E-state index contributed by atoms with van der Waals surface area (Å²) < 4.78 is 0. The third-order valence-corrected chi connectivity index (χ3v) is 5.75. The van der Waals surface area contributed by atoms with E-state index < -0.39 is 6.04 Å². The monoisotopic (exact) mass is 399 g/mol. The maximum absolute atomic E-state index is 12.9. The van der Waals surface area contributed by atoms with Crippen molar-refractivity contribution in [1.29, 1.82) is 0 Å². The standard InChI is InChI=1S/C23H33N3O3/c1-15(2)14-20(27)26-12-10-17(11-13-26)21(23(29)24-19-8-9-19)25-22(28)18-6-4-16(3)5-7-18/h4-7,15,17,19,21H,8-14H2,1-3H3,(H,24,29)(H,25,28). The Morgan fingerprint density at radius 3 is 2.21 bits per heavy atom. The first kappa shape index (κ1) is 21.3. The van der Waals surface area contributed by atoms with Gasteiger partial charge in [-0.2, -0.15) is 0 Å². The molecule has 1 aromatic carbocycles. The molecule has 2 aliphatic rings. The lowest BCUT2D eigenvalue weighted by atomic mass is 9.88. The van der Waals surface area contributed by atoms with Crippen molar-refractivity contribution in [3.63, 3.8) is 0 Å². The van der Waals surface area contributed by atoms with Crippen LogP contribution in [0.2, 0.25) is 0 Å². The average molecular weight is 400 g/mol. The quantitative estimate of drug-likeness (QED) is 0.740. The van der Waals surface area contributed by atoms with Gasteiger partial charge in [0.1, 0.15) is 6.04 Å². The van der Waals surface area contributed by atoms with Gasteiger partial charge in [-0.15, -0.1) is 0 Å². The third kappa shape index (κ3) is 6.05. The van der Waals surface area contributed by atoms with Crippen LogP contribution in [0.4, 0.5) is 0 Å². The van der Waals surface area contributed by atoms with Crippen LogP contribution in [0.5, 0.6) is 0 Å². The summed E-state index contributed by atoms with van der Waals surface area (Å²) in [5.74, 6) is 0.234. The summed E-state index contributed by atoms with van der Waals surface area (Å²) in [6, 6.07) is 7.04. The molecule has 0 aromatic heterocycles. The summed E-state index contributed by atoms with van der Waals surface area (Å²) >= 11 is 0. The number of piperidine rings is 1. The summed E-state index contributed by atoms with van der Waals surface area (Å²) in [6.07, 6.45) is 4.01. The molecular weight excluding hydrogens is 366 g/mol. The van der Waals surface area contributed by atoms with E-state index in [-0.39, 0.29) is 29.7 Å². The smallest absolute Gasteiger partial charge is 0.251 e. The topological polar surface area (TPSA) is 78.5 Å². The normalized spacial score (nSPS) is 18.4. The number of nitrogens with zero attached hydrogens (tertiary/aromatic N) is 1. The van der Waals surface area contributed by atoms with Crippen LogP contribution in [-0.2, 0) is 9.59 Å². The molecule has 1 heterocycles. The molecule has 2 N–H and O–H groups in total. The molecule has 6 heteroatoms. The molecule has 1 saturated heterocycles. The van der Waals surface area contributed by atoms with Gasteiger partial charge >= 0.3 is 0 Å². The molecule has 0 bridgehead atoms. The molecule has 1 aliphatic heterocycles. The molecule has 6 nitrogen and oxygen atoms in total. The summed E-state index contributed by atoms with van der Waals surface area (Å²) in [5, 5.41) is 6.02. The zero-order valence-electron chi connectivity index (χ0n) is 17.7. The van der Waals surface area contributed by atoms with Crippen LogP contribution < -0.4 is 10.6 Å². The number of aryl methyl sites for hydroxylation is 1. The maximum Gasteiger partial charge on any atom is 0.251 e. The summed E-state index contributed by atoms with van der Waals surface area (Å²) in [5.41, 5.74) is 1.65. The van der Waals surface area contributed by atoms with Gasteiger partial charge in [0.15, 0.2) is 0 Å². The highest BCUT2D eigenvalue weighted by Gasteiger charge is 2.36. The number of carbonyl (C=O) groups excluding carboxylic acids is 3. The Balaban J connectivity index is 1.64. The van der Waals surface area contributed by atoms with Gasteiger partial charge in [-0.1, -0.05) is 31.5 Å². The predicted molar refractivity (Wildman–Crippen MR) is 112 cm³/mol. The van der Waals surface area contributed by atoms with Crippen molar-refractivity contribution in [3.05, 3.63) is 35.4 Å². The first-order valence-electron chi connectivity index (χ1n) is 10.8. The molecule has 29 heavy (non-hydrogen) atoms. The Labute approximate surface area is 173 Å². The van der Waals surface area contributed by atoms with Gasteiger partial charge in [-0.3, -0.25) is 14.4 Å². The minimum atomic E-state index is -0.563. The van der Waals surface area contributed by atoms with Gasteiger partial charge in [-0.05, 0) is 56.6 Å². The number of benzene rings is 1. The number of nitrogens with one attached hydrogen (secondary N) is 2. The van der Waals surface area contributed by atoms with E-state index >= 15 is 0 Å². The highest BCUT2D eigenvalue weighted by atomic mass is 16.2. The minimum absolute atomic E-state index is 0.0336. The van der Waals surface area contributed by atoms with Crippen LogP contribution in [0.15, 0.2) is 24.3 Å². The summed E-state index contributed by atoms with van der Waals surface area (Å²) in [6.45, 7) is 7.35. The molecule has 1 aliphatic carbocycles. The fourth-order valence-electron chi connectivity index (χ4n) is 3.81. The van der Waals surface area contributed by atoms with Crippen molar-refractivity contribution in [2.45, 2.75) is 65.0 Å². The van der Waals surface area contributed by atoms with E-state index in [9.17, 15) is 14.4 Å². The van der Waals surface area contributed by atoms with E-state index in [4.69, 9.17) is 0 Å². The predicted octanol–water partition coefficient (Wildman–Crippen LogP) is 2.66. The van der Waals surface area contributed by atoms with Gasteiger partial charge < -0.3 is 15.5 Å². The average Bonchev–Trinajstić information content (AvgIpc) is 3.50. The van der Waals surface area contributed by atoms with Crippen LogP contribution in [0.1, 0.15) is 61.9 Å². The van der Waals surface area contributed by atoms with E-state index in [0.29, 0.717) is 31.0 Å². The van der Waals surface area contributed by atoms with Crippen LogP contribution in [0.3, 0.4) is 0 Å². The Kier molecular flexibility index (Phi) is 6.93. The number of rotatable bonds is 7. The van der Waals surface area contributed by atoms with Crippen molar-refractivity contribution < 1.29 is 14.4 Å². The first-order valence-corrected chi connectivity index (χ1v) is 10.8. The summed E-state index contributed by atoms with van der Waals surface area (Å²) in [4.78, 5) is 39.9. The van der Waals surface area contributed by atoms with E-state index in [1.165, 1.54) is 0 Å². The van der Waals surface area contributed by atoms with Gasteiger partial charge in [0.05, 0.1) is 0 Å². The van der Waals surface area contributed by atoms with Crippen molar-refractivity contribution >= 4 is 17.7 Å². The number of carbonyl (C=O) groups is 3. The van der Waals surface area contributed by atoms with Gasteiger partial charge in [0.2, 0.25) is 11.8 Å². The van der Waals surface area contributed by atoms with Crippen molar-refractivity contribution in [1.82, 2.24) is 15.5 Å². The van der Waals surface area contributed by atoms with Crippen LogP contribution in [0, 0.1) is 18.8 Å². The SMILES string of the molecule is Cc1ccc(C(=O)NC(C(=O)NC2CC2)C2CCN(C(=O)CC(C)C)CC2)cc1. The van der Waals surface area contributed by atoms with Crippen LogP contribution >= 0.6 is 0 Å². The van der Waals surface area contributed by atoms with Crippen molar-refractivity contribution in [3.8, 4) is 0 Å². The van der Waals surface area contributed by atoms with Gasteiger partial charge in [-0.25, -0.2) is 0 Å². The molecule has 1 atom stereocenters. The van der Waals surface area contributed by atoms with E-state index in [1.807, 2.05) is 37.8 Å². The Morgan fingerprint density at radius 2 is 1.66 bits per heavy atom. The van der Waals surface area contributed by atoms with E-state index in [2.05, 4.69) is 10.6 Å². The number of likely N-dealkylation sites (tertiary alicyclic amines) is 1. The highest BCUT2D eigenvalue weighted by Crippen LogP contribution is 2.24. The zero-order valence-corrected chi connectivity index (χ0v) is 17.7. The lowest BCUT2D eigenvalue weighted by Gasteiger charge is -2.36. The lowest BCUT2D eigenvalue weighted by Crippen LogP contribution is -2.54. The Morgan fingerprint density at radius 1 is 1.03 bits per heavy atom. The molecule has 1 saturated carbocycles. The second kappa shape index (κ2) is 9.42. The number of hydrogen-bond donors (Lipinski definition) is 2.